The number of carbonyl (C=O) groups is 2. The van der Waals surface area contributed by atoms with Gasteiger partial charge in [-0.2, -0.15) is 0 Å². The molecule has 9 nitrogen and oxygen atoms in total. The number of amides is 2. The second kappa shape index (κ2) is 7.02. The molecule has 2 heterocycles. The molecule has 1 fully saturated rings. The monoisotopic (exact) mass is 297 g/mol. The number of carboxylic acids is 1. The first kappa shape index (κ1) is 15.2. The predicted molar refractivity (Wildman–Crippen MR) is 72.0 cm³/mol. The number of urea groups is 1. The maximum atomic E-state index is 12.0. The number of aromatic nitrogens is 3. The minimum absolute atomic E-state index is 0.0953. The van der Waals surface area contributed by atoms with E-state index in [4.69, 9.17) is 9.84 Å². The van der Waals surface area contributed by atoms with Gasteiger partial charge >= 0.3 is 12.0 Å². The second-order valence-electron chi connectivity index (χ2n) is 4.85. The van der Waals surface area contributed by atoms with Gasteiger partial charge in [0.05, 0.1) is 18.8 Å². The number of carbonyl (C=O) groups excluding carboxylic acids is 1. The molecule has 1 aromatic heterocycles. The van der Waals surface area contributed by atoms with E-state index < -0.39 is 5.97 Å². The van der Waals surface area contributed by atoms with Crippen LogP contribution in [0.25, 0.3) is 0 Å². The summed E-state index contributed by atoms with van der Waals surface area (Å²) in [4.78, 5) is 24.4. The first-order chi connectivity index (χ1) is 10.1. The average Bonchev–Trinajstić information content (AvgIpc) is 2.96. The lowest BCUT2D eigenvalue weighted by molar-refractivity contribution is 0.0435. The van der Waals surface area contributed by atoms with Crippen LogP contribution in [0.5, 0.6) is 0 Å². The third-order valence-electron chi connectivity index (χ3n) is 3.37. The Labute approximate surface area is 121 Å². The van der Waals surface area contributed by atoms with Crippen LogP contribution >= 0.6 is 0 Å². The molecule has 21 heavy (non-hydrogen) atoms. The summed E-state index contributed by atoms with van der Waals surface area (Å²) in [7, 11) is 1.65. The Bertz CT molecular complexity index is 504. The van der Waals surface area contributed by atoms with Crippen molar-refractivity contribution in [3.8, 4) is 0 Å². The zero-order chi connectivity index (χ0) is 15.2. The predicted octanol–water partition coefficient (Wildman–Crippen LogP) is -0.203. The molecule has 0 bridgehead atoms. The van der Waals surface area contributed by atoms with Crippen molar-refractivity contribution >= 4 is 12.0 Å². The molecule has 0 aromatic carbocycles. The quantitative estimate of drug-likeness (QED) is 0.778. The van der Waals surface area contributed by atoms with Gasteiger partial charge in [0.1, 0.15) is 0 Å². The van der Waals surface area contributed by atoms with Crippen molar-refractivity contribution in [2.75, 3.05) is 26.7 Å². The molecule has 1 atom stereocenters. The fourth-order valence-electron chi connectivity index (χ4n) is 2.21. The number of nitrogens with zero attached hydrogens (tertiary/aromatic N) is 4. The van der Waals surface area contributed by atoms with Crippen LogP contribution in [0.4, 0.5) is 4.79 Å². The van der Waals surface area contributed by atoms with E-state index in [1.54, 1.807) is 12.0 Å². The molecule has 2 rings (SSSR count). The zero-order valence-electron chi connectivity index (χ0n) is 11.9. The highest BCUT2D eigenvalue weighted by atomic mass is 16.5. The third kappa shape index (κ3) is 4.15. The van der Waals surface area contributed by atoms with E-state index in [0.717, 1.165) is 19.4 Å². The van der Waals surface area contributed by atoms with E-state index in [0.29, 0.717) is 19.6 Å². The Morgan fingerprint density at radius 3 is 3.05 bits per heavy atom. The highest BCUT2D eigenvalue weighted by Crippen LogP contribution is 2.12. The summed E-state index contributed by atoms with van der Waals surface area (Å²) in [6.45, 7) is 2.04. The first-order valence-corrected chi connectivity index (χ1v) is 6.79. The maximum absolute atomic E-state index is 12.0. The number of hydrogen-bond acceptors (Lipinski definition) is 5. The van der Waals surface area contributed by atoms with E-state index in [2.05, 4.69) is 15.6 Å². The molecular formula is C12H19N5O4. The highest BCUT2D eigenvalue weighted by Gasteiger charge is 2.22. The molecule has 2 amide bonds. The largest absolute Gasteiger partial charge is 0.476 e. The van der Waals surface area contributed by atoms with Crippen LogP contribution in [-0.2, 0) is 11.3 Å². The molecule has 1 saturated heterocycles. The van der Waals surface area contributed by atoms with Gasteiger partial charge in [-0.1, -0.05) is 5.21 Å². The Morgan fingerprint density at radius 1 is 1.57 bits per heavy atom. The molecule has 1 aliphatic heterocycles. The Morgan fingerprint density at radius 2 is 2.38 bits per heavy atom. The summed E-state index contributed by atoms with van der Waals surface area (Å²) in [6.07, 6.45) is 3.32. The molecular weight excluding hydrogens is 278 g/mol. The van der Waals surface area contributed by atoms with E-state index >= 15 is 0 Å². The van der Waals surface area contributed by atoms with Crippen molar-refractivity contribution in [3.63, 3.8) is 0 Å². The van der Waals surface area contributed by atoms with Crippen LogP contribution in [0.15, 0.2) is 6.20 Å². The summed E-state index contributed by atoms with van der Waals surface area (Å²) in [5, 5.41) is 18.7. The highest BCUT2D eigenvalue weighted by molar-refractivity contribution is 5.84. The number of piperidine rings is 1. The SMILES string of the molecule is COC1CCCN(C(=O)NCCn2cc(C(=O)O)nn2)C1. The summed E-state index contributed by atoms with van der Waals surface area (Å²) in [5.41, 5.74) is -0.111. The number of aromatic carboxylic acids is 1. The second-order valence-corrected chi connectivity index (χ2v) is 4.85. The number of carboxylic acid groups (broad SMARTS) is 1. The van der Waals surface area contributed by atoms with E-state index in [-0.39, 0.29) is 17.8 Å². The Kier molecular flexibility index (Phi) is 5.09. The van der Waals surface area contributed by atoms with Crippen molar-refractivity contribution in [2.45, 2.75) is 25.5 Å². The number of ether oxygens (including phenoxy) is 1. The van der Waals surface area contributed by atoms with Crippen molar-refractivity contribution in [2.24, 2.45) is 0 Å². The van der Waals surface area contributed by atoms with Gasteiger partial charge < -0.3 is 20.1 Å². The zero-order valence-corrected chi connectivity index (χ0v) is 11.9. The fraction of sp³-hybridized carbons (Fsp3) is 0.667. The lowest BCUT2D eigenvalue weighted by Gasteiger charge is -2.31. The minimum atomic E-state index is -1.12. The molecule has 2 N–H and O–H groups in total. The van der Waals surface area contributed by atoms with E-state index in [1.807, 2.05) is 0 Å². The van der Waals surface area contributed by atoms with Crippen molar-refractivity contribution in [1.82, 2.24) is 25.2 Å². The number of likely N-dealkylation sites (tertiary alicyclic amines) is 1. The molecule has 1 unspecified atom stereocenters. The van der Waals surface area contributed by atoms with Gasteiger partial charge in [-0.25, -0.2) is 14.3 Å². The molecule has 1 aromatic rings. The summed E-state index contributed by atoms with van der Waals surface area (Å²) < 4.78 is 6.66. The van der Waals surface area contributed by atoms with Gasteiger partial charge in [-0.3, -0.25) is 0 Å². The molecule has 1 aliphatic rings. The smallest absolute Gasteiger partial charge is 0.358 e. The van der Waals surface area contributed by atoms with Crippen molar-refractivity contribution < 1.29 is 19.4 Å². The summed E-state index contributed by atoms with van der Waals surface area (Å²) >= 11 is 0. The molecule has 116 valence electrons. The number of rotatable bonds is 5. The van der Waals surface area contributed by atoms with E-state index in [9.17, 15) is 9.59 Å². The van der Waals surface area contributed by atoms with Crippen LogP contribution in [0, 0.1) is 0 Å². The Balaban J connectivity index is 1.74. The number of hydrogen-bond donors (Lipinski definition) is 2. The van der Waals surface area contributed by atoms with Gasteiger partial charge in [-0.15, -0.1) is 5.10 Å². The minimum Gasteiger partial charge on any atom is -0.476 e. The van der Waals surface area contributed by atoms with Gasteiger partial charge in [0, 0.05) is 26.7 Å². The first-order valence-electron chi connectivity index (χ1n) is 6.79. The molecule has 9 heteroatoms. The summed E-state index contributed by atoms with van der Waals surface area (Å²) in [5.74, 6) is -1.12. The van der Waals surface area contributed by atoms with Gasteiger partial charge in [0.2, 0.25) is 0 Å². The summed E-state index contributed by atoms with van der Waals surface area (Å²) in [6, 6.07) is -0.143. The van der Waals surface area contributed by atoms with Gasteiger partial charge in [0.15, 0.2) is 5.69 Å². The average molecular weight is 297 g/mol. The lowest BCUT2D eigenvalue weighted by Crippen LogP contribution is -2.48. The number of methoxy groups -OCH3 is 1. The van der Waals surface area contributed by atoms with Crippen LogP contribution in [0.3, 0.4) is 0 Å². The van der Waals surface area contributed by atoms with Crippen molar-refractivity contribution in [3.05, 3.63) is 11.9 Å². The third-order valence-corrected chi connectivity index (χ3v) is 3.37. The maximum Gasteiger partial charge on any atom is 0.358 e. The number of nitrogens with one attached hydrogen (secondary N) is 1. The standard InChI is InChI=1S/C12H19N5O4/c1-21-9-3-2-5-16(7-9)12(20)13-4-6-17-8-10(11(18)19)14-15-17/h8-9H,2-7H2,1H3,(H,13,20)(H,18,19). The lowest BCUT2D eigenvalue weighted by atomic mass is 10.1. The van der Waals surface area contributed by atoms with Crippen LogP contribution in [0.2, 0.25) is 0 Å². The fourth-order valence-corrected chi connectivity index (χ4v) is 2.21. The molecule has 0 saturated carbocycles. The van der Waals surface area contributed by atoms with Gasteiger partial charge in [-0.05, 0) is 12.8 Å². The normalized spacial score (nSPS) is 18.5. The van der Waals surface area contributed by atoms with Gasteiger partial charge in [0.25, 0.3) is 0 Å². The Hall–Kier alpha value is -2.16. The van der Waals surface area contributed by atoms with E-state index in [1.165, 1.54) is 10.9 Å². The van der Waals surface area contributed by atoms with Crippen LogP contribution in [0.1, 0.15) is 23.3 Å². The molecule has 0 aliphatic carbocycles. The molecule has 0 radical (unpaired) electrons. The van der Waals surface area contributed by atoms with Crippen molar-refractivity contribution in [1.29, 1.82) is 0 Å². The molecule has 0 spiro atoms. The van der Waals surface area contributed by atoms with Crippen LogP contribution in [-0.4, -0.2) is 69.8 Å². The topological polar surface area (TPSA) is 110 Å². The van der Waals surface area contributed by atoms with Crippen LogP contribution < -0.4 is 5.32 Å².